The molecule has 0 aliphatic heterocycles. The molecule has 1 aliphatic rings. The molecule has 1 fully saturated rings. The summed E-state index contributed by atoms with van der Waals surface area (Å²) in [5.41, 5.74) is 0. The Labute approximate surface area is 102 Å². The second-order valence-corrected chi connectivity index (χ2v) is 4.81. The molecule has 1 aliphatic carbocycles. The maximum Gasteiger partial charge on any atom is 0.326 e. The number of hydrogen-bond donors (Lipinski definition) is 2. The first-order chi connectivity index (χ1) is 8.04. The highest BCUT2D eigenvalue weighted by atomic mass is 16.4. The Kier molecular flexibility index (Phi) is 5.25. The van der Waals surface area contributed by atoms with Gasteiger partial charge >= 0.3 is 12.0 Å². The SMILES string of the molecule is CCCC[C@H](NC(=O)N(C)CC1CC1)C(=O)O. The highest BCUT2D eigenvalue weighted by molar-refractivity contribution is 5.82. The van der Waals surface area contributed by atoms with Crippen LogP contribution >= 0.6 is 0 Å². The van der Waals surface area contributed by atoms with E-state index in [1.807, 2.05) is 6.92 Å². The van der Waals surface area contributed by atoms with E-state index in [9.17, 15) is 9.59 Å². The summed E-state index contributed by atoms with van der Waals surface area (Å²) < 4.78 is 0. The van der Waals surface area contributed by atoms with Crippen LogP contribution in [0.4, 0.5) is 4.79 Å². The molecule has 98 valence electrons. The summed E-state index contributed by atoms with van der Waals surface area (Å²) >= 11 is 0. The summed E-state index contributed by atoms with van der Waals surface area (Å²) in [6.45, 7) is 2.73. The van der Waals surface area contributed by atoms with Crippen LogP contribution in [-0.2, 0) is 4.79 Å². The van der Waals surface area contributed by atoms with Gasteiger partial charge in [0.1, 0.15) is 6.04 Å². The molecule has 0 spiro atoms. The van der Waals surface area contributed by atoms with Crippen LogP contribution in [0.15, 0.2) is 0 Å². The zero-order valence-electron chi connectivity index (χ0n) is 10.6. The number of amides is 2. The summed E-state index contributed by atoms with van der Waals surface area (Å²) in [5.74, 6) is -0.337. The van der Waals surface area contributed by atoms with Gasteiger partial charge in [-0.15, -0.1) is 0 Å². The van der Waals surface area contributed by atoms with E-state index in [2.05, 4.69) is 5.32 Å². The van der Waals surface area contributed by atoms with Crippen LogP contribution in [0.5, 0.6) is 0 Å². The van der Waals surface area contributed by atoms with Crippen molar-refractivity contribution in [1.29, 1.82) is 0 Å². The molecule has 5 nitrogen and oxygen atoms in total. The van der Waals surface area contributed by atoms with Gasteiger partial charge in [-0.25, -0.2) is 9.59 Å². The molecule has 1 atom stereocenters. The first kappa shape index (κ1) is 13.8. The number of hydrogen-bond acceptors (Lipinski definition) is 2. The molecule has 0 aromatic rings. The highest BCUT2D eigenvalue weighted by Crippen LogP contribution is 2.29. The Bertz CT molecular complexity index is 277. The smallest absolute Gasteiger partial charge is 0.326 e. The van der Waals surface area contributed by atoms with Crippen LogP contribution in [0.3, 0.4) is 0 Å². The molecule has 0 radical (unpaired) electrons. The Morgan fingerprint density at radius 2 is 2.12 bits per heavy atom. The van der Waals surface area contributed by atoms with E-state index >= 15 is 0 Å². The van der Waals surface area contributed by atoms with Gasteiger partial charge in [-0.3, -0.25) is 0 Å². The summed E-state index contributed by atoms with van der Waals surface area (Å²) in [7, 11) is 1.71. The molecule has 0 aromatic heterocycles. The van der Waals surface area contributed by atoms with Crippen LogP contribution in [0, 0.1) is 5.92 Å². The summed E-state index contributed by atoms with van der Waals surface area (Å²) in [5, 5.41) is 11.6. The molecule has 0 heterocycles. The molecule has 2 amide bonds. The van der Waals surface area contributed by atoms with Crippen molar-refractivity contribution in [3.05, 3.63) is 0 Å². The number of aliphatic carboxylic acids is 1. The summed E-state index contributed by atoms with van der Waals surface area (Å²) in [6, 6.07) is -1.04. The van der Waals surface area contributed by atoms with E-state index in [1.165, 1.54) is 12.8 Å². The molecule has 2 N–H and O–H groups in total. The van der Waals surface area contributed by atoms with Crippen molar-refractivity contribution in [2.24, 2.45) is 5.92 Å². The molecular weight excluding hydrogens is 220 g/mol. The average molecular weight is 242 g/mol. The van der Waals surface area contributed by atoms with Crippen molar-refractivity contribution < 1.29 is 14.7 Å². The number of rotatable bonds is 7. The third-order valence-corrected chi connectivity index (χ3v) is 3.02. The van der Waals surface area contributed by atoms with Crippen LogP contribution in [0.25, 0.3) is 0 Å². The Balaban J connectivity index is 2.35. The third-order valence-electron chi connectivity index (χ3n) is 3.02. The van der Waals surface area contributed by atoms with E-state index in [0.717, 1.165) is 19.4 Å². The largest absolute Gasteiger partial charge is 0.480 e. The fourth-order valence-electron chi connectivity index (χ4n) is 1.70. The van der Waals surface area contributed by atoms with Gasteiger partial charge in [0.25, 0.3) is 0 Å². The van der Waals surface area contributed by atoms with Gasteiger partial charge in [0.15, 0.2) is 0 Å². The van der Waals surface area contributed by atoms with Crippen LogP contribution in [0.2, 0.25) is 0 Å². The number of carboxylic acids is 1. The topological polar surface area (TPSA) is 69.6 Å². The molecule has 0 saturated heterocycles. The first-order valence-electron chi connectivity index (χ1n) is 6.29. The zero-order valence-corrected chi connectivity index (χ0v) is 10.6. The van der Waals surface area contributed by atoms with Gasteiger partial charge < -0.3 is 15.3 Å². The monoisotopic (exact) mass is 242 g/mol. The Morgan fingerprint density at radius 1 is 1.47 bits per heavy atom. The second kappa shape index (κ2) is 6.47. The Morgan fingerprint density at radius 3 is 2.59 bits per heavy atom. The fraction of sp³-hybridized carbons (Fsp3) is 0.833. The molecule has 1 rings (SSSR count). The van der Waals surface area contributed by atoms with Gasteiger partial charge in [-0.05, 0) is 25.2 Å². The van der Waals surface area contributed by atoms with E-state index in [4.69, 9.17) is 5.11 Å². The van der Waals surface area contributed by atoms with Crippen LogP contribution in [-0.4, -0.2) is 41.6 Å². The third kappa shape index (κ3) is 5.06. The molecule has 5 heteroatoms. The van der Waals surface area contributed by atoms with Crippen LogP contribution < -0.4 is 5.32 Å². The van der Waals surface area contributed by atoms with Crippen molar-refractivity contribution >= 4 is 12.0 Å². The molecular formula is C12H22N2O3. The summed E-state index contributed by atoms with van der Waals surface area (Å²) in [6.07, 6.45) is 4.58. The lowest BCUT2D eigenvalue weighted by atomic mass is 10.1. The van der Waals surface area contributed by atoms with Gasteiger partial charge in [-0.1, -0.05) is 19.8 Å². The predicted octanol–water partition coefficient (Wildman–Crippen LogP) is 1.68. The lowest BCUT2D eigenvalue weighted by Crippen LogP contribution is -2.47. The number of urea groups is 1. The van der Waals surface area contributed by atoms with Crippen molar-refractivity contribution in [1.82, 2.24) is 10.2 Å². The minimum absolute atomic E-state index is 0.277. The predicted molar refractivity (Wildman–Crippen MR) is 64.8 cm³/mol. The lowest BCUT2D eigenvalue weighted by Gasteiger charge is -2.21. The van der Waals surface area contributed by atoms with E-state index in [-0.39, 0.29) is 6.03 Å². The van der Waals surface area contributed by atoms with Crippen molar-refractivity contribution in [3.8, 4) is 0 Å². The minimum Gasteiger partial charge on any atom is -0.480 e. The van der Waals surface area contributed by atoms with Gasteiger partial charge in [-0.2, -0.15) is 0 Å². The van der Waals surface area contributed by atoms with Crippen molar-refractivity contribution in [2.45, 2.75) is 45.1 Å². The van der Waals surface area contributed by atoms with Gasteiger partial charge in [0.2, 0.25) is 0 Å². The number of carbonyl (C=O) groups is 2. The summed E-state index contributed by atoms with van der Waals surface area (Å²) in [4.78, 5) is 24.3. The number of unbranched alkanes of at least 4 members (excludes halogenated alkanes) is 1. The Hall–Kier alpha value is -1.26. The van der Waals surface area contributed by atoms with E-state index in [0.29, 0.717) is 12.3 Å². The standard InChI is InChI=1S/C12H22N2O3/c1-3-4-5-10(11(15)16)13-12(17)14(2)8-9-6-7-9/h9-10H,3-8H2,1-2H3,(H,13,17)(H,15,16)/t10-/m0/s1. The number of nitrogens with one attached hydrogen (secondary N) is 1. The molecule has 1 saturated carbocycles. The normalized spacial score (nSPS) is 16.4. The van der Waals surface area contributed by atoms with Crippen molar-refractivity contribution in [3.63, 3.8) is 0 Å². The second-order valence-electron chi connectivity index (χ2n) is 4.81. The maximum absolute atomic E-state index is 11.7. The maximum atomic E-state index is 11.7. The van der Waals surface area contributed by atoms with Gasteiger partial charge in [0, 0.05) is 13.6 Å². The van der Waals surface area contributed by atoms with E-state index in [1.54, 1.807) is 11.9 Å². The fourth-order valence-corrected chi connectivity index (χ4v) is 1.70. The number of nitrogens with zero attached hydrogens (tertiary/aromatic N) is 1. The zero-order chi connectivity index (χ0) is 12.8. The first-order valence-corrected chi connectivity index (χ1v) is 6.29. The number of carboxylic acid groups (broad SMARTS) is 1. The molecule has 17 heavy (non-hydrogen) atoms. The molecule has 0 unspecified atom stereocenters. The minimum atomic E-state index is -0.952. The van der Waals surface area contributed by atoms with E-state index < -0.39 is 12.0 Å². The average Bonchev–Trinajstić information content (AvgIpc) is 3.07. The quantitative estimate of drug-likeness (QED) is 0.713. The lowest BCUT2D eigenvalue weighted by molar-refractivity contribution is -0.139. The highest BCUT2D eigenvalue weighted by Gasteiger charge is 2.26. The molecule has 0 aromatic carbocycles. The van der Waals surface area contributed by atoms with Crippen LogP contribution in [0.1, 0.15) is 39.0 Å². The molecule has 0 bridgehead atoms. The van der Waals surface area contributed by atoms with Crippen molar-refractivity contribution in [2.75, 3.05) is 13.6 Å². The number of carbonyl (C=O) groups excluding carboxylic acids is 1. The van der Waals surface area contributed by atoms with Gasteiger partial charge in [0.05, 0.1) is 0 Å².